The molecular formula is C19H22N2O. The maximum atomic E-state index is 9.99. The molecule has 2 aromatic carbocycles. The SMILES string of the molecule is Cc1cccc(C=Nc2ccc(N3CCCCC3)cc2)c1O. The van der Waals surface area contributed by atoms with Crippen LogP contribution in [0.3, 0.4) is 0 Å². The number of aromatic hydroxyl groups is 1. The predicted octanol–water partition coefficient (Wildman–Crippen LogP) is 4.44. The van der Waals surface area contributed by atoms with Crippen LogP contribution < -0.4 is 4.90 Å². The lowest BCUT2D eigenvalue weighted by atomic mass is 10.1. The molecule has 0 bridgehead atoms. The number of rotatable bonds is 3. The van der Waals surface area contributed by atoms with Crippen molar-refractivity contribution >= 4 is 17.6 Å². The molecule has 2 aromatic rings. The highest BCUT2D eigenvalue weighted by Crippen LogP contribution is 2.24. The smallest absolute Gasteiger partial charge is 0.127 e. The number of nitrogens with zero attached hydrogens (tertiary/aromatic N) is 2. The summed E-state index contributed by atoms with van der Waals surface area (Å²) in [6.07, 6.45) is 5.64. The van der Waals surface area contributed by atoms with Gasteiger partial charge in [-0.1, -0.05) is 12.1 Å². The van der Waals surface area contributed by atoms with Gasteiger partial charge in [0.15, 0.2) is 0 Å². The summed E-state index contributed by atoms with van der Waals surface area (Å²) >= 11 is 0. The van der Waals surface area contributed by atoms with Crippen molar-refractivity contribution < 1.29 is 5.11 Å². The molecule has 1 aliphatic heterocycles. The van der Waals surface area contributed by atoms with E-state index in [0.717, 1.165) is 29.9 Å². The van der Waals surface area contributed by atoms with Gasteiger partial charge in [0, 0.05) is 30.6 Å². The molecule has 0 saturated carbocycles. The summed E-state index contributed by atoms with van der Waals surface area (Å²) in [5, 5.41) is 9.99. The van der Waals surface area contributed by atoms with Gasteiger partial charge >= 0.3 is 0 Å². The average Bonchev–Trinajstić information content (AvgIpc) is 2.57. The van der Waals surface area contributed by atoms with Crippen molar-refractivity contribution in [3.8, 4) is 5.75 Å². The third kappa shape index (κ3) is 3.30. The first-order chi connectivity index (χ1) is 10.7. The van der Waals surface area contributed by atoms with Gasteiger partial charge in [0.2, 0.25) is 0 Å². The molecule has 22 heavy (non-hydrogen) atoms. The fourth-order valence-corrected chi connectivity index (χ4v) is 2.83. The molecule has 1 heterocycles. The number of anilines is 1. The number of benzene rings is 2. The molecule has 0 amide bonds. The number of hydrogen-bond donors (Lipinski definition) is 1. The lowest BCUT2D eigenvalue weighted by molar-refractivity contribution is 0.470. The molecule has 1 N–H and O–H groups in total. The van der Waals surface area contributed by atoms with Crippen LogP contribution in [0.4, 0.5) is 11.4 Å². The number of phenols is 1. The number of phenolic OH excluding ortho intramolecular Hbond substituents is 1. The third-order valence-corrected chi connectivity index (χ3v) is 4.19. The number of aryl methyl sites for hydroxylation is 1. The summed E-state index contributed by atoms with van der Waals surface area (Å²) in [6, 6.07) is 14.0. The van der Waals surface area contributed by atoms with E-state index in [1.54, 1.807) is 6.21 Å². The summed E-state index contributed by atoms with van der Waals surface area (Å²) < 4.78 is 0. The van der Waals surface area contributed by atoms with E-state index < -0.39 is 0 Å². The highest BCUT2D eigenvalue weighted by atomic mass is 16.3. The topological polar surface area (TPSA) is 35.8 Å². The second-order valence-corrected chi connectivity index (χ2v) is 5.84. The Kier molecular flexibility index (Phi) is 4.42. The zero-order valence-electron chi connectivity index (χ0n) is 13.0. The van der Waals surface area contributed by atoms with Crippen molar-refractivity contribution in [2.45, 2.75) is 26.2 Å². The van der Waals surface area contributed by atoms with Crippen LogP contribution in [0.2, 0.25) is 0 Å². The van der Waals surface area contributed by atoms with Gasteiger partial charge in [-0.25, -0.2) is 0 Å². The minimum atomic E-state index is 0.302. The van der Waals surface area contributed by atoms with Gasteiger partial charge in [-0.15, -0.1) is 0 Å². The Morgan fingerprint density at radius 1 is 1.00 bits per heavy atom. The van der Waals surface area contributed by atoms with Crippen LogP contribution in [0.1, 0.15) is 30.4 Å². The number of aliphatic imine (C=N–C) groups is 1. The average molecular weight is 294 g/mol. The second-order valence-electron chi connectivity index (χ2n) is 5.84. The number of piperidine rings is 1. The largest absolute Gasteiger partial charge is 0.507 e. The van der Waals surface area contributed by atoms with E-state index in [0.29, 0.717) is 5.75 Å². The Morgan fingerprint density at radius 2 is 1.73 bits per heavy atom. The first kappa shape index (κ1) is 14.6. The second kappa shape index (κ2) is 6.65. The van der Waals surface area contributed by atoms with Crippen LogP contribution in [-0.2, 0) is 0 Å². The summed E-state index contributed by atoms with van der Waals surface area (Å²) in [6.45, 7) is 4.19. The molecule has 3 rings (SSSR count). The molecule has 1 aliphatic rings. The summed E-state index contributed by atoms with van der Waals surface area (Å²) in [5.74, 6) is 0.302. The maximum absolute atomic E-state index is 9.99. The molecule has 114 valence electrons. The molecule has 3 heteroatoms. The molecule has 1 fully saturated rings. The quantitative estimate of drug-likeness (QED) is 0.849. The van der Waals surface area contributed by atoms with E-state index in [1.807, 2.05) is 37.3 Å². The van der Waals surface area contributed by atoms with E-state index in [2.05, 4.69) is 22.0 Å². The first-order valence-electron chi connectivity index (χ1n) is 7.92. The summed E-state index contributed by atoms with van der Waals surface area (Å²) in [7, 11) is 0. The van der Waals surface area contributed by atoms with E-state index in [1.165, 1.54) is 24.9 Å². The van der Waals surface area contributed by atoms with Gasteiger partial charge in [-0.2, -0.15) is 0 Å². The van der Waals surface area contributed by atoms with E-state index in [-0.39, 0.29) is 0 Å². The standard InChI is InChI=1S/C19H22N2O/c1-15-6-5-7-16(19(15)22)14-20-17-8-10-18(11-9-17)21-12-3-2-4-13-21/h5-11,14,22H,2-4,12-13H2,1H3. The molecule has 0 aromatic heterocycles. The van der Waals surface area contributed by atoms with Gasteiger partial charge in [0.1, 0.15) is 5.75 Å². The predicted molar refractivity (Wildman–Crippen MR) is 92.6 cm³/mol. The highest BCUT2D eigenvalue weighted by molar-refractivity contribution is 5.86. The minimum absolute atomic E-state index is 0.302. The zero-order chi connectivity index (χ0) is 15.4. The van der Waals surface area contributed by atoms with Gasteiger partial charge in [-0.3, -0.25) is 4.99 Å². The van der Waals surface area contributed by atoms with E-state index in [4.69, 9.17) is 0 Å². The Bertz CT molecular complexity index is 656. The van der Waals surface area contributed by atoms with Crippen LogP contribution in [-0.4, -0.2) is 24.4 Å². The van der Waals surface area contributed by atoms with Gasteiger partial charge in [0.05, 0.1) is 5.69 Å². The van der Waals surface area contributed by atoms with E-state index in [9.17, 15) is 5.11 Å². The Hall–Kier alpha value is -2.29. The lowest BCUT2D eigenvalue weighted by Gasteiger charge is -2.28. The summed E-state index contributed by atoms with van der Waals surface area (Å²) in [4.78, 5) is 6.90. The minimum Gasteiger partial charge on any atom is -0.507 e. The van der Waals surface area contributed by atoms with Crippen molar-refractivity contribution in [3.05, 3.63) is 53.6 Å². The Balaban J connectivity index is 1.73. The van der Waals surface area contributed by atoms with Crippen LogP contribution in [0, 0.1) is 6.92 Å². The molecule has 3 nitrogen and oxygen atoms in total. The molecule has 0 unspecified atom stereocenters. The van der Waals surface area contributed by atoms with Crippen molar-refractivity contribution in [1.82, 2.24) is 0 Å². The van der Waals surface area contributed by atoms with Gasteiger partial charge < -0.3 is 10.0 Å². The van der Waals surface area contributed by atoms with Crippen molar-refractivity contribution in [2.24, 2.45) is 4.99 Å². The first-order valence-corrected chi connectivity index (χ1v) is 7.92. The molecule has 0 atom stereocenters. The number of hydrogen-bond acceptors (Lipinski definition) is 3. The molecule has 0 spiro atoms. The van der Waals surface area contributed by atoms with Gasteiger partial charge in [-0.05, 0) is 62.1 Å². The zero-order valence-corrected chi connectivity index (χ0v) is 13.0. The summed E-state index contributed by atoms with van der Waals surface area (Å²) in [5.41, 5.74) is 3.79. The van der Waals surface area contributed by atoms with Crippen LogP contribution in [0.15, 0.2) is 47.5 Å². The van der Waals surface area contributed by atoms with Crippen molar-refractivity contribution in [2.75, 3.05) is 18.0 Å². The van der Waals surface area contributed by atoms with Crippen molar-refractivity contribution in [1.29, 1.82) is 0 Å². The van der Waals surface area contributed by atoms with Crippen LogP contribution in [0.25, 0.3) is 0 Å². The third-order valence-electron chi connectivity index (χ3n) is 4.19. The monoisotopic (exact) mass is 294 g/mol. The maximum Gasteiger partial charge on any atom is 0.127 e. The van der Waals surface area contributed by atoms with Gasteiger partial charge in [0.25, 0.3) is 0 Å². The molecular weight excluding hydrogens is 272 g/mol. The fraction of sp³-hybridized carbons (Fsp3) is 0.316. The molecule has 0 radical (unpaired) electrons. The van der Waals surface area contributed by atoms with E-state index >= 15 is 0 Å². The fourth-order valence-electron chi connectivity index (χ4n) is 2.83. The normalized spacial score (nSPS) is 15.4. The molecule has 0 aliphatic carbocycles. The van der Waals surface area contributed by atoms with Crippen LogP contribution in [0.5, 0.6) is 5.75 Å². The number of para-hydroxylation sites is 1. The molecule has 1 saturated heterocycles. The highest BCUT2D eigenvalue weighted by Gasteiger charge is 2.10. The Labute approximate surface area is 131 Å². The van der Waals surface area contributed by atoms with Crippen molar-refractivity contribution in [3.63, 3.8) is 0 Å². The van der Waals surface area contributed by atoms with Crippen LogP contribution >= 0.6 is 0 Å². The lowest BCUT2D eigenvalue weighted by Crippen LogP contribution is -2.29. The Morgan fingerprint density at radius 3 is 2.45 bits per heavy atom.